The lowest BCUT2D eigenvalue weighted by molar-refractivity contribution is -0.192. The highest BCUT2D eigenvalue weighted by Crippen LogP contribution is 2.41. The SMILES string of the molecule is CC(C)(C)[C@H](c1cc(-c2cc(F)ccc2F)cn1Cc1ccccc1)N(CCCN)C(=O)CSC[C@H](CC(=O)CCOCCOCCOCCOCCNC(=O)CN1C(=O)C=CC1=O)C(=O)NCCOCCOCCOCCOCCC(=O)O.O=C(O)C(F)(F)F. The van der Waals surface area contributed by atoms with E-state index in [-0.39, 0.29) is 153 Å². The van der Waals surface area contributed by atoms with Crippen molar-refractivity contribution in [2.45, 2.75) is 65.2 Å². The van der Waals surface area contributed by atoms with E-state index in [9.17, 15) is 51.1 Å². The molecular formula is C61H85F5N6O18S. The molecule has 0 aliphatic carbocycles. The molecule has 1 aromatic heterocycles. The fraction of sp³-hybridized carbons (Fsp3) is 0.574. The van der Waals surface area contributed by atoms with Crippen LogP contribution in [0.4, 0.5) is 22.0 Å². The second kappa shape index (κ2) is 43.9. The number of amides is 5. The predicted molar refractivity (Wildman–Crippen MR) is 322 cm³/mol. The first-order valence-electron chi connectivity index (χ1n) is 29.4. The standard InChI is InChI=1S/C59H84F2N6O16S.C2HF3O2/c1-59(2,3)57(51-37-45(49-38-47(60)10-11-50(49)61)40-65(51)39-44-8-5-4-6-9-44)66(19-7-16-62)55(72)43-84-42-46(58(75)64-18-23-79-27-31-83-35-33-81-29-25-77-21-15-56(73)74)36-48(68)14-20-76-24-28-80-32-34-82-30-26-78-22-17-63-52(69)41-67-53(70)12-13-54(67)71;3-2(4,5)1(6)7/h4-6,8-13,37-38,40,46,57H,7,14-36,39,41-43,62H2,1-3H3,(H,63,69)(H,64,75)(H,73,74);(H,6,7)/t46-,57-;/m0./s1. The summed E-state index contributed by atoms with van der Waals surface area (Å²) in [5, 5.41) is 21.2. The molecule has 4 rings (SSSR count). The van der Waals surface area contributed by atoms with Gasteiger partial charge in [-0.2, -0.15) is 24.9 Å². The van der Waals surface area contributed by atoms with Crippen molar-refractivity contribution in [1.82, 2.24) is 25.0 Å². The number of carbonyl (C=O) groups is 8. The van der Waals surface area contributed by atoms with Crippen LogP contribution in [0.1, 0.15) is 63.8 Å². The van der Waals surface area contributed by atoms with Crippen LogP contribution in [0.25, 0.3) is 11.1 Å². The van der Waals surface area contributed by atoms with Gasteiger partial charge in [0, 0.05) is 79.9 Å². The molecule has 0 radical (unpaired) electrons. The van der Waals surface area contributed by atoms with Gasteiger partial charge in [-0.05, 0) is 48.2 Å². The van der Waals surface area contributed by atoms with Crippen molar-refractivity contribution < 1.29 is 108 Å². The molecule has 1 aliphatic rings. The number of imide groups is 1. The van der Waals surface area contributed by atoms with Crippen molar-refractivity contribution in [2.24, 2.45) is 17.1 Å². The van der Waals surface area contributed by atoms with Crippen LogP contribution in [0, 0.1) is 23.0 Å². The number of rotatable bonds is 47. The Balaban J connectivity index is 0.00000291. The van der Waals surface area contributed by atoms with Crippen molar-refractivity contribution in [3.05, 3.63) is 95.8 Å². The maximum absolute atomic E-state index is 15.3. The van der Waals surface area contributed by atoms with Gasteiger partial charge in [0.25, 0.3) is 11.8 Å². The number of benzene rings is 2. The number of halogens is 5. The number of carboxylic acids is 2. The Bertz CT molecular complexity index is 2720. The molecule has 0 spiro atoms. The number of carboxylic acid groups (broad SMARTS) is 2. The minimum atomic E-state index is -5.08. The normalized spacial score (nSPS) is 13.0. The molecule has 1 aliphatic heterocycles. The fourth-order valence-electron chi connectivity index (χ4n) is 8.56. The zero-order valence-corrected chi connectivity index (χ0v) is 52.3. The van der Waals surface area contributed by atoms with Crippen LogP contribution in [0.3, 0.4) is 0 Å². The van der Waals surface area contributed by atoms with Gasteiger partial charge in [-0.25, -0.2) is 13.6 Å². The second-order valence-corrected chi connectivity index (χ2v) is 22.2. The van der Waals surface area contributed by atoms with E-state index in [1.54, 1.807) is 11.1 Å². The van der Waals surface area contributed by atoms with Crippen LogP contribution in [0.15, 0.2) is 72.9 Å². The van der Waals surface area contributed by atoms with Gasteiger partial charge in [0.2, 0.25) is 17.7 Å². The Kier molecular flexibility index (Phi) is 37.9. The lowest BCUT2D eigenvalue weighted by Gasteiger charge is -2.41. The smallest absolute Gasteiger partial charge is 0.481 e. The van der Waals surface area contributed by atoms with Crippen LogP contribution in [0.5, 0.6) is 0 Å². The molecule has 5 amide bonds. The summed E-state index contributed by atoms with van der Waals surface area (Å²) in [6, 6.07) is 14.3. The summed E-state index contributed by atoms with van der Waals surface area (Å²) in [4.78, 5) is 99.1. The first-order chi connectivity index (χ1) is 43.4. The summed E-state index contributed by atoms with van der Waals surface area (Å²) in [6.45, 7) is 10.9. The topological polar surface area (TPSA) is 312 Å². The monoisotopic (exact) mass is 1320 g/mol. The molecule has 24 nitrogen and oxygen atoms in total. The van der Waals surface area contributed by atoms with Gasteiger partial charge in [-0.3, -0.25) is 38.5 Å². The molecule has 0 bridgehead atoms. The van der Waals surface area contributed by atoms with Crippen molar-refractivity contribution in [2.75, 3.05) is 150 Å². The van der Waals surface area contributed by atoms with E-state index in [4.69, 9.17) is 58.6 Å². The lowest BCUT2D eigenvalue weighted by atomic mass is 9.83. The van der Waals surface area contributed by atoms with Gasteiger partial charge in [-0.15, -0.1) is 0 Å². The second-order valence-electron chi connectivity index (χ2n) is 21.2. The number of hydrogen-bond donors (Lipinski definition) is 5. The number of nitrogens with one attached hydrogen (secondary N) is 2. The molecule has 2 aromatic carbocycles. The largest absolute Gasteiger partial charge is 0.490 e. The Morgan fingerprint density at radius 1 is 0.681 bits per heavy atom. The van der Waals surface area contributed by atoms with E-state index >= 15 is 4.39 Å². The zero-order chi connectivity index (χ0) is 67.0. The molecule has 30 heteroatoms. The summed E-state index contributed by atoms with van der Waals surface area (Å²) in [6.07, 6.45) is -0.744. The average molecular weight is 1320 g/mol. The highest BCUT2D eigenvalue weighted by atomic mass is 32.2. The quantitative estimate of drug-likeness (QED) is 0.0287. The Morgan fingerprint density at radius 2 is 1.19 bits per heavy atom. The van der Waals surface area contributed by atoms with E-state index < -0.39 is 64.8 Å². The van der Waals surface area contributed by atoms with E-state index in [1.807, 2.05) is 61.7 Å². The molecule has 0 unspecified atom stereocenters. The average Bonchev–Trinajstić information content (AvgIpc) is 1.68. The Morgan fingerprint density at radius 3 is 1.69 bits per heavy atom. The zero-order valence-electron chi connectivity index (χ0n) is 51.5. The number of nitrogens with two attached hydrogens (primary N) is 1. The summed E-state index contributed by atoms with van der Waals surface area (Å²) in [7, 11) is 0. The number of aliphatic carboxylic acids is 2. The minimum absolute atomic E-state index is 0.0356. The number of aromatic nitrogens is 1. The maximum atomic E-state index is 15.3. The van der Waals surface area contributed by atoms with Crippen LogP contribution in [-0.2, 0) is 82.8 Å². The van der Waals surface area contributed by atoms with E-state index in [1.165, 1.54) is 11.8 Å². The van der Waals surface area contributed by atoms with Crippen molar-refractivity contribution >= 4 is 59.0 Å². The van der Waals surface area contributed by atoms with Crippen molar-refractivity contribution in [3.8, 4) is 11.1 Å². The van der Waals surface area contributed by atoms with Crippen LogP contribution in [0.2, 0.25) is 0 Å². The highest BCUT2D eigenvalue weighted by Gasteiger charge is 2.39. The third-order valence-corrected chi connectivity index (χ3v) is 14.0. The van der Waals surface area contributed by atoms with Gasteiger partial charge in [0.15, 0.2) is 0 Å². The number of Topliss-reactive ketones (excluding diaryl/α,β-unsaturated/α-hetero) is 1. The first kappa shape index (κ1) is 78.5. The maximum Gasteiger partial charge on any atom is 0.490 e. The van der Waals surface area contributed by atoms with Gasteiger partial charge in [-0.1, -0.05) is 51.1 Å². The van der Waals surface area contributed by atoms with Crippen molar-refractivity contribution in [3.63, 3.8) is 0 Å². The van der Waals surface area contributed by atoms with Crippen molar-refractivity contribution in [1.29, 1.82) is 0 Å². The summed E-state index contributed by atoms with van der Waals surface area (Å²) >= 11 is 1.24. The number of thioether (sulfide) groups is 1. The van der Waals surface area contributed by atoms with E-state index in [2.05, 4.69) is 10.6 Å². The Hall–Kier alpha value is -6.74. The molecule has 2 atom stereocenters. The number of ether oxygens (including phenoxy) is 8. The molecule has 91 heavy (non-hydrogen) atoms. The van der Waals surface area contributed by atoms with Crippen LogP contribution in [-0.4, -0.2) is 228 Å². The Labute approximate surface area is 529 Å². The van der Waals surface area contributed by atoms with Gasteiger partial charge in [0.1, 0.15) is 24.0 Å². The molecule has 0 saturated carbocycles. The molecule has 0 saturated heterocycles. The van der Waals surface area contributed by atoms with Gasteiger partial charge >= 0.3 is 18.1 Å². The summed E-state index contributed by atoms with van der Waals surface area (Å²) in [5.74, 6) is -7.92. The van der Waals surface area contributed by atoms with E-state index in [0.717, 1.165) is 40.8 Å². The third kappa shape index (κ3) is 32.9. The van der Waals surface area contributed by atoms with Gasteiger partial charge in [0.05, 0.1) is 130 Å². The lowest BCUT2D eigenvalue weighted by Crippen LogP contribution is -2.44. The highest BCUT2D eigenvalue weighted by molar-refractivity contribution is 7.99. The molecular weight excluding hydrogens is 1230 g/mol. The summed E-state index contributed by atoms with van der Waals surface area (Å²) in [5.41, 5.74) is 7.70. The predicted octanol–water partition coefficient (Wildman–Crippen LogP) is 4.84. The van der Waals surface area contributed by atoms with E-state index in [0.29, 0.717) is 63.7 Å². The molecule has 3 aromatic rings. The van der Waals surface area contributed by atoms with Crippen LogP contribution < -0.4 is 16.4 Å². The molecule has 6 N–H and O–H groups in total. The van der Waals surface area contributed by atoms with Gasteiger partial charge < -0.3 is 73.9 Å². The first-order valence-corrected chi connectivity index (χ1v) is 30.6. The summed E-state index contributed by atoms with van der Waals surface area (Å²) < 4.78 is 108. The fourth-order valence-corrected chi connectivity index (χ4v) is 9.57. The number of nitrogens with zero attached hydrogens (tertiary/aromatic N) is 3. The minimum Gasteiger partial charge on any atom is -0.481 e. The number of alkyl halides is 3. The molecule has 508 valence electrons. The number of hydrogen-bond acceptors (Lipinski definition) is 18. The molecule has 0 fully saturated rings. The number of carbonyl (C=O) groups excluding carboxylic acids is 6. The number of ketones is 1. The molecule has 2 heterocycles. The third-order valence-electron chi connectivity index (χ3n) is 12.9. The van der Waals surface area contributed by atoms with Crippen LogP contribution >= 0.6 is 11.8 Å².